The minimum Gasteiger partial charge on any atom is -0.468 e. The maximum Gasteiger partial charge on any atom is 0.325 e. The predicted molar refractivity (Wildman–Crippen MR) is 148 cm³/mol. The largest absolute Gasteiger partial charge is 0.468 e. The van der Waals surface area contributed by atoms with Crippen LogP contribution in [0, 0.1) is 0 Å². The lowest BCUT2D eigenvalue weighted by molar-refractivity contribution is -0.141. The van der Waals surface area contributed by atoms with Gasteiger partial charge in [0.05, 0.1) is 34.1 Å². The van der Waals surface area contributed by atoms with Crippen LogP contribution in [0.4, 0.5) is 11.4 Å². The van der Waals surface area contributed by atoms with E-state index in [-0.39, 0.29) is 45.1 Å². The Balaban J connectivity index is 1.40. The second-order valence-corrected chi connectivity index (χ2v) is 10.2. The Morgan fingerprint density at radius 3 is 2.46 bits per heavy atom. The first-order chi connectivity index (χ1) is 18.8. The van der Waals surface area contributed by atoms with E-state index >= 15 is 0 Å². The summed E-state index contributed by atoms with van der Waals surface area (Å²) in [7, 11) is 2.69. The Labute approximate surface area is 235 Å². The van der Waals surface area contributed by atoms with Crippen molar-refractivity contribution in [2.75, 3.05) is 43.6 Å². The summed E-state index contributed by atoms with van der Waals surface area (Å²) >= 11 is 12.9. The van der Waals surface area contributed by atoms with Crippen LogP contribution in [-0.4, -0.2) is 67.5 Å². The highest BCUT2D eigenvalue weighted by Crippen LogP contribution is 2.41. The molecule has 0 spiro atoms. The molecule has 0 unspecified atom stereocenters. The molecule has 2 amide bonds. The summed E-state index contributed by atoms with van der Waals surface area (Å²) in [4.78, 5) is 47.6. The number of hydrogen-bond donors (Lipinski definition) is 0. The molecule has 0 N–H and O–H groups in total. The number of hydrogen-bond acceptors (Lipinski definition) is 7. The quantitative estimate of drug-likeness (QED) is 0.368. The lowest BCUT2D eigenvalue weighted by Gasteiger charge is -2.38. The van der Waals surface area contributed by atoms with E-state index in [9.17, 15) is 14.4 Å². The van der Waals surface area contributed by atoms with Crippen LogP contribution in [0.15, 0.2) is 54.9 Å². The van der Waals surface area contributed by atoms with E-state index < -0.39 is 11.9 Å². The van der Waals surface area contributed by atoms with E-state index in [0.717, 1.165) is 30.8 Å². The molecule has 1 aliphatic heterocycles. The van der Waals surface area contributed by atoms with E-state index in [1.54, 1.807) is 11.0 Å². The van der Waals surface area contributed by atoms with Crippen LogP contribution >= 0.6 is 23.2 Å². The lowest BCUT2D eigenvalue weighted by atomic mass is 10.1. The number of ether oxygens (including phenoxy) is 2. The van der Waals surface area contributed by atoms with Gasteiger partial charge in [0.25, 0.3) is 11.8 Å². The summed E-state index contributed by atoms with van der Waals surface area (Å²) in [5, 5.41) is 0.177. The van der Waals surface area contributed by atoms with Crippen molar-refractivity contribution in [2.45, 2.75) is 18.9 Å². The Bertz CT molecular complexity index is 1450. The van der Waals surface area contributed by atoms with Gasteiger partial charge in [-0.15, -0.1) is 0 Å². The summed E-state index contributed by atoms with van der Waals surface area (Å²) in [6.07, 6.45) is 5.30. The van der Waals surface area contributed by atoms with Crippen LogP contribution in [-0.2, 0) is 9.53 Å². The van der Waals surface area contributed by atoms with Gasteiger partial charge in [-0.05, 0) is 37.1 Å². The zero-order valence-corrected chi connectivity index (χ0v) is 22.9. The van der Waals surface area contributed by atoms with Gasteiger partial charge in [0.1, 0.15) is 23.6 Å². The average molecular weight is 569 g/mol. The van der Waals surface area contributed by atoms with Gasteiger partial charge in [0.2, 0.25) is 0 Å². The van der Waals surface area contributed by atoms with Crippen LogP contribution in [0.25, 0.3) is 0 Å². The first-order valence-electron chi connectivity index (χ1n) is 12.4. The van der Waals surface area contributed by atoms with Crippen molar-refractivity contribution in [3.8, 4) is 11.5 Å². The molecule has 2 heterocycles. The third-order valence-corrected chi connectivity index (χ3v) is 7.31. The number of esters is 1. The standard InChI is InChI=1S/C28H26Cl2N4O5/c1-32(16-26(35)38-2)27(36)18-13-21(30)25(14-20(18)29)39-24-9-10-31-15-19(24)28(37)34-12-11-33(17-7-8-17)22-5-3-4-6-23(22)34/h3-6,9-10,13-15,17H,7-8,11-12,16H2,1-2H3. The monoisotopic (exact) mass is 568 g/mol. The smallest absolute Gasteiger partial charge is 0.325 e. The molecular weight excluding hydrogens is 543 g/mol. The molecule has 0 radical (unpaired) electrons. The molecule has 1 fully saturated rings. The van der Waals surface area contributed by atoms with Gasteiger partial charge in [-0.25, -0.2) is 0 Å². The molecule has 0 bridgehead atoms. The summed E-state index contributed by atoms with van der Waals surface area (Å²) in [6.45, 7) is 1.02. The molecule has 11 heteroatoms. The zero-order chi connectivity index (χ0) is 27.7. The first kappa shape index (κ1) is 26.8. The van der Waals surface area contributed by atoms with Gasteiger partial charge >= 0.3 is 5.97 Å². The number of likely N-dealkylation sites (N-methyl/N-ethyl adjacent to an activating group) is 1. The number of anilines is 2. The maximum absolute atomic E-state index is 13.8. The number of amides is 2. The first-order valence-corrected chi connectivity index (χ1v) is 13.1. The Kier molecular flexibility index (Phi) is 7.63. The summed E-state index contributed by atoms with van der Waals surface area (Å²) < 4.78 is 10.7. The number of nitrogens with zero attached hydrogens (tertiary/aromatic N) is 4. The lowest BCUT2D eigenvalue weighted by Crippen LogP contribution is -2.45. The summed E-state index contributed by atoms with van der Waals surface area (Å²) in [6, 6.07) is 12.8. The molecule has 39 heavy (non-hydrogen) atoms. The van der Waals surface area contributed by atoms with Gasteiger partial charge in [-0.3, -0.25) is 19.4 Å². The molecule has 5 rings (SSSR count). The van der Waals surface area contributed by atoms with Crippen molar-refractivity contribution in [1.82, 2.24) is 9.88 Å². The SMILES string of the molecule is COC(=O)CN(C)C(=O)c1cc(Cl)c(Oc2ccncc2C(=O)N2CCN(C3CC3)c3ccccc32)cc1Cl. The number of carbonyl (C=O) groups excluding carboxylic acids is 3. The zero-order valence-electron chi connectivity index (χ0n) is 21.4. The van der Waals surface area contributed by atoms with Crippen molar-refractivity contribution in [2.24, 2.45) is 0 Å². The third kappa shape index (κ3) is 5.51. The number of fused-ring (bicyclic) bond motifs is 1. The molecule has 202 valence electrons. The van der Waals surface area contributed by atoms with E-state index in [1.807, 2.05) is 24.3 Å². The minimum atomic E-state index is -0.570. The van der Waals surface area contributed by atoms with Gasteiger partial charge in [0, 0.05) is 44.6 Å². The summed E-state index contributed by atoms with van der Waals surface area (Å²) in [5.41, 5.74) is 2.24. The van der Waals surface area contributed by atoms with Crippen LogP contribution in [0.1, 0.15) is 33.6 Å². The molecule has 0 saturated heterocycles. The Morgan fingerprint density at radius 2 is 1.74 bits per heavy atom. The normalized spacial score (nSPS) is 14.5. The van der Waals surface area contributed by atoms with Crippen molar-refractivity contribution < 1.29 is 23.9 Å². The van der Waals surface area contributed by atoms with Crippen molar-refractivity contribution in [3.63, 3.8) is 0 Å². The third-order valence-electron chi connectivity index (χ3n) is 6.70. The maximum atomic E-state index is 13.8. The Morgan fingerprint density at radius 1 is 1.00 bits per heavy atom. The number of methoxy groups -OCH3 is 1. The number of rotatable bonds is 7. The highest BCUT2D eigenvalue weighted by atomic mass is 35.5. The molecule has 3 aromatic rings. The van der Waals surface area contributed by atoms with Crippen LogP contribution < -0.4 is 14.5 Å². The highest BCUT2D eigenvalue weighted by molar-refractivity contribution is 6.36. The molecule has 1 aliphatic carbocycles. The van der Waals surface area contributed by atoms with Crippen molar-refractivity contribution in [3.05, 3.63) is 76.0 Å². The van der Waals surface area contributed by atoms with Gasteiger partial charge in [-0.2, -0.15) is 0 Å². The average Bonchev–Trinajstić information content (AvgIpc) is 3.79. The van der Waals surface area contributed by atoms with E-state index in [4.69, 9.17) is 27.9 Å². The number of para-hydroxylation sites is 2. The number of benzene rings is 2. The molecular formula is C28H26Cl2N4O5. The number of pyridine rings is 1. The fraction of sp³-hybridized carbons (Fsp3) is 0.286. The molecule has 9 nitrogen and oxygen atoms in total. The molecule has 2 aromatic carbocycles. The number of halogens is 2. The second kappa shape index (κ2) is 11.1. The van der Waals surface area contributed by atoms with Gasteiger partial charge in [-0.1, -0.05) is 35.3 Å². The molecule has 2 aliphatic rings. The van der Waals surface area contributed by atoms with Crippen LogP contribution in [0.2, 0.25) is 10.0 Å². The van der Waals surface area contributed by atoms with Crippen molar-refractivity contribution >= 4 is 52.4 Å². The molecule has 0 atom stereocenters. The fourth-order valence-electron chi connectivity index (χ4n) is 4.56. The predicted octanol–water partition coefficient (Wildman–Crippen LogP) is 5.05. The van der Waals surface area contributed by atoms with E-state index in [2.05, 4.69) is 14.6 Å². The second-order valence-electron chi connectivity index (χ2n) is 9.34. The van der Waals surface area contributed by atoms with E-state index in [1.165, 1.54) is 43.6 Å². The van der Waals surface area contributed by atoms with Gasteiger partial charge < -0.3 is 24.2 Å². The highest BCUT2D eigenvalue weighted by Gasteiger charge is 2.36. The Hall–Kier alpha value is -3.82. The van der Waals surface area contributed by atoms with Crippen LogP contribution in [0.3, 0.4) is 0 Å². The molecule has 1 saturated carbocycles. The van der Waals surface area contributed by atoms with Crippen molar-refractivity contribution in [1.29, 1.82) is 0 Å². The minimum absolute atomic E-state index is 0.0724. The molecule has 1 aromatic heterocycles. The van der Waals surface area contributed by atoms with E-state index in [0.29, 0.717) is 12.6 Å². The topological polar surface area (TPSA) is 92.3 Å². The summed E-state index contributed by atoms with van der Waals surface area (Å²) in [5.74, 6) is -0.924. The number of carbonyl (C=O) groups is 3. The van der Waals surface area contributed by atoms with Crippen LogP contribution in [0.5, 0.6) is 11.5 Å². The van der Waals surface area contributed by atoms with Gasteiger partial charge in [0.15, 0.2) is 0 Å². The number of aromatic nitrogens is 1. The fourth-order valence-corrected chi connectivity index (χ4v) is 5.00.